The van der Waals surface area contributed by atoms with E-state index in [-0.39, 0.29) is 18.8 Å². The van der Waals surface area contributed by atoms with E-state index in [1.54, 1.807) is 11.8 Å². The highest BCUT2D eigenvalue weighted by Gasteiger charge is 2.32. The van der Waals surface area contributed by atoms with E-state index in [0.29, 0.717) is 5.82 Å². The molecule has 8 heteroatoms. The van der Waals surface area contributed by atoms with Crippen molar-refractivity contribution in [3.63, 3.8) is 0 Å². The summed E-state index contributed by atoms with van der Waals surface area (Å²) in [5.41, 5.74) is -0.811. The number of anilines is 1. The number of pyridine rings is 1. The summed E-state index contributed by atoms with van der Waals surface area (Å²) in [5.74, 6) is 0.367. The fourth-order valence-electron chi connectivity index (χ4n) is 1.90. The van der Waals surface area contributed by atoms with Crippen molar-refractivity contribution in [2.45, 2.75) is 18.3 Å². The van der Waals surface area contributed by atoms with Gasteiger partial charge in [-0.3, -0.25) is 0 Å². The summed E-state index contributed by atoms with van der Waals surface area (Å²) in [6.45, 7) is 2.09. The van der Waals surface area contributed by atoms with Crippen LogP contribution in [0, 0.1) is 0 Å². The quantitative estimate of drug-likeness (QED) is 0.791. The smallest absolute Gasteiger partial charge is 0.354 e. The van der Waals surface area contributed by atoms with Gasteiger partial charge in [-0.1, -0.05) is 0 Å². The summed E-state index contributed by atoms with van der Waals surface area (Å²) < 4.78 is 60.3. The summed E-state index contributed by atoms with van der Waals surface area (Å²) in [6.07, 6.45) is -3.65. The molecule has 1 aliphatic rings. The number of halogens is 3. The monoisotopic (exact) mass is 294 g/mol. The van der Waals surface area contributed by atoms with Crippen LogP contribution < -0.4 is 4.90 Å². The van der Waals surface area contributed by atoms with Gasteiger partial charge in [0.05, 0.1) is 16.6 Å². The molecule has 0 radical (unpaired) electrons. The molecule has 0 unspecified atom stereocenters. The lowest BCUT2D eigenvalue weighted by molar-refractivity contribution is -0.137. The molecule has 0 aromatic carbocycles. The highest BCUT2D eigenvalue weighted by molar-refractivity contribution is 7.92. The lowest BCUT2D eigenvalue weighted by Crippen LogP contribution is -2.45. The molecular weight excluding hydrogens is 281 g/mol. The van der Waals surface area contributed by atoms with Gasteiger partial charge in [0, 0.05) is 19.3 Å². The van der Waals surface area contributed by atoms with Crippen molar-refractivity contribution in [1.29, 1.82) is 0 Å². The van der Waals surface area contributed by atoms with Gasteiger partial charge in [0.15, 0.2) is 9.84 Å². The topological polar surface area (TPSA) is 50.3 Å². The molecule has 0 spiro atoms. The first-order valence-electron chi connectivity index (χ1n) is 5.70. The zero-order chi connectivity index (χ0) is 14.3. The molecular formula is C11H13F3N2O2S. The average Bonchev–Trinajstić information content (AvgIpc) is 2.32. The third kappa shape index (κ3) is 2.99. The Morgan fingerprint density at radius 2 is 2.05 bits per heavy atom. The number of hydrogen-bond donors (Lipinski definition) is 0. The van der Waals surface area contributed by atoms with Crippen LogP contribution in [0.25, 0.3) is 0 Å². The van der Waals surface area contributed by atoms with Crippen LogP contribution in [-0.2, 0) is 16.0 Å². The van der Waals surface area contributed by atoms with Crippen LogP contribution in [0.5, 0.6) is 0 Å². The highest BCUT2D eigenvalue weighted by Crippen LogP contribution is 2.29. The minimum Gasteiger partial charge on any atom is -0.354 e. The molecule has 1 atom stereocenters. The Labute approximate surface area is 109 Å². The molecule has 106 valence electrons. The number of nitrogens with zero attached hydrogens (tertiary/aromatic N) is 2. The summed E-state index contributed by atoms with van der Waals surface area (Å²) in [6, 6.07) is 2.23. The van der Waals surface area contributed by atoms with Crippen molar-refractivity contribution < 1.29 is 21.6 Å². The summed E-state index contributed by atoms with van der Waals surface area (Å²) in [4.78, 5) is 5.45. The van der Waals surface area contributed by atoms with Crippen molar-refractivity contribution in [3.8, 4) is 0 Å². The second kappa shape index (κ2) is 4.66. The van der Waals surface area contributed by atoms with Gasteiger partial charge < -0.3 is 4.90 Å². The Balaban J connectivity index is 2.16. The second-order valence-electron chi connectivity index (χ2n) is 4.53. The van der Waals surface area contributed by atoms with Gasteiger partial charge in [-0.25, -0.2) is 13.4 Å². The third-order valence-electron chi connectivity index (χ3n) is 3.14. The largest absolute Gasteiger partial charge is 0.417 e. The molecule has 0 N–H and O–H groups in total. The first-order valence-corrected chi connectivity index (χ1v) is 7.41. The van der Waals surface area contributed by atoms with Crippen LogP contribution in [0.4, 0.5) is 19.0 Å². The maximum absolute atomic E-state index is 12.4. The molecule has 2 rings (SSSR count). The van der Waals surface area contributed by atoms with E-state index in [9.17, 15) is 21.6 Å². The molecule has 19 heavy (non-hydrogen) atoms. The predicted octanol–water partition coefficient (Wildman–Crippen LogP) is 1.72. The lowest BCUT2D eigenvalue weighted by atomic mass is 10.2. The fraction of sp³-hybridized carbons (Fsp3) is 0.545. The Hall–Kier alpha value is -1.31. The lowest BCUT2D eigenvalue weighted by Gasteiger charge is -2.31. The van der Waals surface area contributed by atoms with E-state index >= 15 is 0 Å². The van der Waals surface area contributed by atoms with E-state index < -0.39 is 26.8 Å². The maximum atomic E-state index is 12.4. The van der Waals surface area contributed by atoms with Crippen LogP contribution in [0.3, 0.4) is 0 Å². The summed E-state index contributed by atoms with van der Waals surface area (Å²) >= 11 is 0. The van der Waals surface area contributed by atoms with E-state index in [2.05, 4.69) is 4.98 Å². The molecule has 1 saturated heterocycles. The number of rotatable bonds is 1. The van der Waals surface area contributed by atoms with Crippen LogP contribution in [0.2, 0.25) is 0 Å². The number of hydrogen-bond acceptors (Lipinski definition) is 4. The van der Waals surface area contributed by atoms with Crippen molar-refractivity contribution in [1.82, 2.24) is 4.98 Å². The molecule has 0 amide bonds. The number of sulfone groups is 1. The van der Waals surface area contributed by atoms with Crippen molar-refractivity contribution >= 4 is 15.7 Å². The normalized spacial score (nSPS) is 23.4. The van der Waals surface area contributed by atoms with E-state index in [1.165, 1.54) is 6.07 Å². The van der Waals surface area contributed by atoms with Gasteiger partial charge in [0.25, 0.3) is 0 Å². The number of aromatic nitrogens is 1. The van der Waals surface area contributed by atoms with Gasteiger partial charge in [0.1, 0.15) is 5.82 Å². The predicted molar refractivity (Wildman–Crippen MR) is 64.7 cm³/mol. The Bertz CT molecular complexity index is 554. The third-order valence-corrected chi connectivity index (χ3v) is 5.26. The molecule has 0 bridgehead atoms. The SMILES string of the molecule is C[C@@H]1CN(c2ccc(C(F)(F)F)cn2)CCS1(=O)=O. The minimum absolute atomic E-state index is 0.00311. The van der Waals surface area contributed by atoms with Crippen molar-refractivity contribution in [3.05, 3.63) is 23.9 Å². The zero-order valence-electron chi connectivity index (χ0n) is 10.2. The molecule has 1 fully saturated rings. The average molecular weight is 294 g/mol. The van der Waals surface area contributed by atoms with Gasteiger partial charge in [-0.05, 0) is 19.1 Å². The van der Waals surface area contributed by atoms with Crippen LogP contribution >= 0.6 is 0 Å². The Morgan fingerprint density at radius 1 is 1.37 bits per heavy atom. The molecule has 4 nitrogen and oxygen atoms in total. The standard InChI is InChI=1S/C11H13F3N2O2S/c1-8-7-16(4-5-19(8,17)18)10-3-2-9(6-15-10)11(12,13)14/h2-3,6,8H,4-5,7H2,1H3/t8-/m1/s1. The van der Waals surface area contributed by atoms with E-state index in [4.69, 9.17) is 0 Å². The molecule has 0 aliphatic carbocycles. The van der Waals surface area contributed by atoms with Crippen molar-refractivity contribution in [2.24, 2.45) is 0 Å². The van der Waals surface area contributed by atoms with Gasteiger partial charge in [-0.2, -0.15) is 13.2 Å². The molecule has 1 aromatic rings. The molecule has 1 aromatic heterocycles. The fourth-order valence-corrected chi connectivity index (χ4v) is 3.19. The minimum atomic E-state index is -4.41. The Morgan fingerprint density at radius 3 is 2.53 bits per heavy atom. The van der Waals surface area contributed by atoms with Crippen LogP contribution in [-0.4, -0.2) is 37.5 Å². The first kappa shape index (κ1) is 14.1. The molecule has 1 aliphatic heterocycles. The van der Waals surface area contributed by atoms with Crippen LogP contribution in [0.1, 0.15) is 12.5 Å². The van der Waals surface area contributed by atoms with Crippen molar-refractivity contribution in [2.75, 3.05) is 23.7 Å². The zero-order valence-corrected chi connectivity index (χ0v) is 11.0. The highest BCUT2D eigenvalue weighted by atomic mass is 32.2. The Kier molecular flexibility index (Phi) is 3.46. The van der Waals surface area contributed by atoms with E-state index in [1.807, 2.05) is 0 Å². The maximum Gasteiger partial charge on any atom is 0.417 e. The summed E-state index contributed by atoms with van der Waals surface area (Å²) in [7, 11) is -3.08. The van der Waals surface area contributed by atoms with Gasteiger partial charge in [-0.15, -0.1) is 0 Å². The first-order chi connectivity index (χ1) is 8.70. The van der Waals surface area contributed by atoms with E-state index in [0.717, 1.165) is 12.3 Å². The van der Waals surface area contributed by atoms with Crippen LogP contribution in [0.15, 0.2) is 18.3 Å². The molecule has 0 saturated carbocycles. The van der Waals surface area contributed by atoms with Gasteiger partial charge in [0.2, 0.25) is 0 Å². The number of alkyl halides is 3. The molecule has 2 heterocycles. The second-order valence-corrected chi connectivity index (χ2v) is 7.07. The van der Waals surface area contributed by atoms with Gasteiger partial charge >= 0.3 is 6.18 Å². The summed E-state index contributed by atoms with van der Waals surface area (Å²) in [5, 5.41) is -0.537.